The lowest BCUT2D eigenvalue weighted by Gasteiger charge is -2.07. The van der Waals surface area contributed by atoms with E-state index in [9.17, 15) is 9.90 Å². The van der Waals surface area contributed by atoms with Crippen LogP contribution in [0, 0.1) is 0 Å². The van der Waals surface area contributed by atoms with Crippen molar-refractivity contribution in [1.29, 1.82) is 0 Å². The van der Waals surface area contributed by atoms with Gasteiger partial charge in [-0.05, 0) is 18.6 Å². The molecule has 1 heterocycles. The predicted molar refractivity (Wildman–Crippen MR) is 70.1 cm³/mol. The first-order valence-corrected chi connectivity index (χ1v) is 6.12. The smallest absolute Gasteiger partial charge is 0.414 e. The summed E-state index contributed by atoms with van der Waals surface area (Å²) >= 11 is 0. The van der Waals surface area contributed by atoms with Gasteiger partial charge in [-0.3, -0.25) is 0 Å². The summed E-state index contributed by atoms with van der Waals surface area (Å²) in [5, 5.41) is 20.6. The van der Waals surface area contributed by atoms with E-state index >= 15 is 0 Å². The number of unbranched alkanes of at least 4 members (excludes halogenated alkanes) is 1. The van der Waals surface area contributed by atoms with E-state index in [-0.39, 0.29) is 11.6 Å². The van der Waals surface area contributed by atoms with Gasteiger partial charge in [0.15, 0.2) is 5.75 Å². The molecule has 2 aromatic rings. The monoisotopic (exact) mass is 261 g/mol. The van der Waals surface area contributed by atoms with Crippen LogP contribution in [0.15, 0.2) is 24.3 Å². The van der Waals surface area contributed by atoms with Crippen LogP contribution in [-0.4, -0.2) is 27.9 Å². The topological polar surface area (TPSA) is 84.3 Å². The fourth-order valence-electron chi connectivity index (χ4n) is 1.58. The lowest BCUT2D eigenvalue weighted by Crippen LogP contribution is -2.28. The molecule has 0 fully saturated rings. The molecule has 2 rings (SSSR count). The van der Waals surface area contributed by atoms with E-state index in [1.54, 1.807) is 24.3 Å². The van der Waals surface area contributed by atoms with Crippen molar-refractivity contribution in [2.24, 2.45) is 0 Å². The summed E-state index contributed by atoms with van der Waals surface area (Å²) in [7, 11) is 0. The molecule has 1 aromatic carbocycles. The molecule has 6 heteroatoms. The molecule has 0 aliphatic carbocycles. The lowest BCUT2D eigenvalue weighted by molar-refractivity contribution is 0.196. The Morgan fingerprint density at radius 2 is 2.16 bits per heavy atom. The number of fused-ring (bicyclic) bond motifs is 1. The third-order valence-corrected chi connectivity index (χ3v) is 2.60. The van der Waals surface area contributed by atoms with Crippen molar-refractivity contribution >= 4 is 17.0 Å². The van der Waals surface area contributed by atoms with Crippen LogP contribution in [0.5, 0.6) is 11.6 Å². The Kier molecular flexibility index (Phi) is 4.12. The Bertz CT molecular complexity index is 586. The fraction of sp³-hybridized carbons (Fsp3) is 0.308. The number of nitrogens with one attached hydrogen (secondary N) is 1. The summed E-state index contributed by atoms with van der Waals surface area (Å²) in [4.78, 5) is 11.5. The van der Waals surface area contributed by atoms with Crippen molar-refractivity contribution in [2.75, 3.05) is 6.54 Å². The van der Waals surface area contributed by atoms with Crippen LogP contribution in [0.4, 0.5) is 4.79 Å². The quantitative estimate of drug-likeness (QED) is 0.824. The second kappa shape index (κ2) is 5.99. The number of nitrogens with zero attached hydrogens (tertiary/aromatic N) is 2. The van der Waals surface area contributed by atoms with Crippen LogP contribution in [0.3, 0.4) is 0 Å². The maximum absolute atomic E-state index is 11.5. The maximum atomic E-state index is 11.5. The molecular weight excluding hydrogens is 246 g/mol. The number of aromatic hydroxyl groups is 1. The Hall–Kier alpha value is -2.37. The number of hydrogen-bond donors (Lipinski definition) is 2. The van der Waals surface area contributed by atoms with Gasteiger partial charge in [-0.1, -0.05) is 25.5 Å². The third-order valence-electron chi connectivity index (χ3n) is 2.60. The largest absolute Gasteiger partial charge is 0.503 e. The van der Waals surface area contributed by atoms with E-state index in [0.29, 0.717) is 17.4 Å². The molecule has 1 aromatic heterocycles. The van der Waals surface area contributed by atoms with Crippen molar-refractivity contribution in [3.05, 3.63) is 24.3 Å². The van der Waals surface area contributed by atoms with Gasteiger partial charge in [-0.15, -0.1) is 10.2 Å². The highest BCUT2D eigenvalue weighted by Gasteiger charge is 2.13. The van der Waals surface area contributed by atoms with Crippen LogP contribution < -0.4 is 10.1 Å². The molecule has 0 aliphatic heterocycles. The van der Waals surface area contributed by atoms with Gasteiger partial charge in [0.2, 0.25) is 0 Å². The average Bonchev–Trinajstić information content (AvgIpc) is 2.43. The molecule has 0 spiro atoms. The second-order valence-electron chi connectivity index (χ2n) is 4.04. The highest BCUT2D eigenvalue weighted by molar-refractivity contribution is 5.86. The molecule has 6 nitrogen and oxygen atoms in total. The lowest BCUT2D eigenvalue weighted by atomic mass is 10.2. The normalized spacial score (nSPS) is 10.4. The molecule has 0 radical (unpaired) electrons. The Labute approximate surface area is 110 Å². The van der Waals surface area contributed by atoms with Crippen LogP contribution in [0.25, 0.3) is 10.9 Å². The second-order valence-corrected chi connectivity index (χ2v) is 4.04. The van der Waals surface area contributed by atoms with Crippen LogP contribution in [0.1, 0.15) is 19.8 Å². The Balaban J connectivity index is 2.12. The van der Waals surface area contributed by atoms with Crippen LogP contribution in [0.2, 0.25) is 0 Å². The summed E-state index contributed by atoms with van der Waals surface area (Å²) in [6.45, 7) is 2.55. The van der Waals surface area contributed by atoms with E-state index in [0.717, 1.165) is 12.8 Å². The molecule has 0 aliphatic rings. The summed E-state index contributed by atoms with van der Waals surface area (Å²) in [5.74, 6) is -0.371. The number of aromatic nitrogens is 2. The first-order valence-electron chi connectivity index (χ1n) is 6.12. The van der Waals surface area contributed by atoms with Gasteiger partial charge in [-0.2, -0.15) is 0 Å². The number of ether oxygens (including phenoxy) is 1. The predicted octanol–water partition coefficient (Wildman–Crippen LogP) is 2.22. The number of rotatable bonds is 4. The number of amides is 1. The minimum absolute atomic E-state index is 0.184. The summed E-state index contributed by atoms with van der Waals surface area (Å²) in [6, 6.07) is 6.94. The van der Waals surface area contributed by atoms with Crippen molar-refractivity contribution < 1.29 is 14.6 Å². The molecule has 100 valence electrons. The first kappa shape index (κ1) is 13.1. The average molecular weight is 261 g/mol. The molecule has 0 unspecified atom stereocenters. The Morgan fingerprint density at radius 1 is 1.37 bits per heavy atom. The zero-order chi connectivity index (χ0) is 13.7. The molecule has 0 atom stereocenters. The van der Waals surface area contributed by atoms with Gasteiger partial charge in [0, 0.05) is 11.9 Å². The molecule has 2 N–H and O–H groups in total. The highest BCUT2D eigenvalue weighted by Crippen LogP contribution is 2.30. The zero-order valence-corrected chi connectivity index (χ0v) is 10.6. The van der Waals surface area contributed by atoms with Crippen molar-refractivity contribution in [1.82, 2.24) is 15.5 Å². The van der Waals surface area contributed by atoms with Crippen LogP contribution >= 0.6 is 0 Å². The number of benzene rings is 1. The number of carbonyl (C=O) groups excluding carboxylic acids is 1. The minimum atomic E-state index is -0.645. The minimum Gasteiger partial charge on any atom is -0.503 e. The van der Waals surface area contributed by atoms with Gasteiger partial charge < -0.3 is 15.2 Å². The zero-order valence-electron chi connectivity index (χ0n) is 10.6. The maximum Gasteiger partial charge on any atom is 0.414 e. The molecule has 19 heavy (non-hydrogen) atoms. The van der Waals surface area contributed by atoms with Gasteiger partial charge in [0.05, 0.1) is 5.52 Å². The molecule has 0 saturated heterocycles. The molecule has 1 amide bonds. The van der Waals surface area contributed by atoms with Gasteiger partial charge in [-0.25, -0.2) is 4.79 Å². The van der Waals surface area contributed by atoms with Gasteiger partial charge in [0.25, 0.3) is 5.88 Å². The summed E-state index contributed by atoms with van der Waals surface area (Å²) in [6.07, 6.45) is 1.19. The Morgan fingerprint density at radius 3 is 2.95 bits per heavy atom. The van der Waals surface area contributed by atoms with E-state index in [4.69, 9.17) is 4.74 Å². The van der Waals surface area contributed by atoms with Crippen LogP contribution in [-0.2, 0) is 0 Å². The van der Waals surface area contributed by atoms with Crippen molar-refractivity contribution in [3.8, 4) is 11.6 Å². The fourth-order valence-corrected chi connectivity index (χ4v) is 1.58. The number of carbonyl (C=O) groups is 1. The first-order chi connectivity index (χ1) is 9.22. The van der Waals surface area contributed by atoms with Gasteiger partial charge >= 0.3 is 6.09 Å². The molecule has 0 bridgehead atoms. The van der Waals surface area contributed by atoms with E-state index < -0.39 is 6.09 Å². The van der Waals surface area contributed by atoms with E-state index in [1.807, 2.05) is 6.92 Å². The van der Waals surface area contributed by atoms with E-state index in [1.165, 1.54) is 0 Å². The molecular formula is C13H15N3O3. The van der Waals surface area contributed by atoms with Crippen molar-refractivity contribution in [2.45, 2.75) is 19.8 Å². The standard InChI is InChI=1S/C13H15N3O3/c1-2-3-8-14-13(18)19-12-11(17)9-6-4-5-7-10(9)15-16-12/h4-7H,2-3,8H2,1H3,(H,14,18)(H,15,17). The highest BCUT2D eigenvalue weighted by atomic mass is 16.6. The molecule has 0 saturated carbocycles. The van der Waals surface area contributed by atoms with Gasteiger partial charge in [0.1, 0.15) is 0 Å². The summed E-state index contributed by atoms with van der Waals surface area (Å²) in [5.41, 5.74) is 0.541. The number of hydrogen-bond acceptors (Lipinski definition) is 5. The SMILES string of the molecule is CCCCNC(=O)Oc1nnc2ccccc2c1O. The third kappa shape index (κ3) is 3.09. The summed E-state index contributed by atoms with van der Waals surface area (Å²) < 4.78 is 4.93. The van der Waals surface area contributed by atoms with E-state index in [2.05, 4.69) is 15.5 Å². The van der Waals surface area contributed by atoms with Crippen molar-refractivity contribution in [3.63, 3.8) is 0 Å².